The third-order valence-corrected chi connectivity index (χ3v) is 15.1. The second-order valence-electron chi connectivity index (χ2n) is 10.5. The quantitative estimate of drug-likeness (QED) is 0.261. The van der Waals surface area contributed by atoms with Gasteiger partial charge in [-0.3, -0.25) is 0 Å². The Morgan fingerprint density at radius 1 is 0.841 bits per heavy atom. The van der Waals surface area contributed by atoms with E-state index in [0.717, 1.165) is 5.06 Å². The molecule has 6 rings (SSSR count). The molecule has 0 saturated carbocycles. The van der Waals surface area contributed by atoms with Gasteiger partial charge in [0.05, 0.1) is 0 Å². The van der Waals surface area contributed by atoms with E-state index in [1.807, 2.05) is 104 Å². The molecule has 2 bridgehead atoms. The van der Waals surface area contributed by atoms with Crippen LogP contribution in [0, 0.1) is 0 Å². The molecular weight excluding hydrogens is 599 g/mol. The van der Waals surface area contributed by atoms with E-state index in [1.54, 1.807) is 18.2 Å². The molecule has 1 aromatic heterocycles. The Balaban J connectivity index is 1.50. The van der Waals surface area contributed by atoms with E-state index in [1.165, 1.54) is 22.7 Å². The van der Waals surface area contributed by atoms with Gasteiger partial charge in [0, 0.05) is 0 Å². The number of amides is 2. The summed E-state index contributed by atoms with van der Waals surface area (Å²) in [7, 11) is -3.43. The Hall–Kier alpha value is -4.41. The van der Waals surface area contributed by atoms with Gasteiger partial charge < -0.3 is 0 Å². The van der Waals surface area contributed by atoms with Crippen molar-refractivity contribution in [3.8, 4) is 0 Å². The molecule has 10 nitrogen and oxygen atoms in total. The molecule has 1 saturated heterocycles. The van der Waals surface area contributed by atoms with Gasteiger partial charge in [-0.15, -0.1) is 0 Å². The van der Waals surface area contributed by atoms with E-state index in [4.69, 9.17) is 8.25 Å². The number of fused-ring (bicyclic) bond motifs is 2. The van der Waals surface area contributed by atoms with Gasteiger partial charge in [0.15, 0.2) is 0 Å². The first-order valence-corrected chi connectivity index (χ1v) is 17.6. The van der Waals surface area contributed by atoms with Crippen LogP contribution < -0.4 is 21.5 Å². The van der Waals surface area contributed by atoms with Gasteiger partial charge in [-0.2, -0.15) is 0 Å². The predicted molar refractivity (Wildman–Crippen MR) is 171 cm³/mol. The first kappa shape index (κ1) is 29.7. The SMILES string of the molecule is CC=CP(OS(=O)(=O)ON1C(=O)N2CC=C(c3ccc(=O)n(C)n3)C1C2)(c1ccccc1)(c1ccccc1)c1ccccc1. The number of benzene rings is 3. The van der Waals surface area contributed by atoms with Crippen LogP contribution in [-0.4, -0.2) is 53.3 Å². The Bertz CT molecular complexity index is 1830. The molecule has 226 valence electrons. The van der Waals surface area contributed by atoms with Crippen molar-refractivity contribution in [2.75, 3.05) is 13.1 Å². The van der Waals surface area contributed by atoms with Gasteiger partial charge in [0.1, 0.15) is 0 Å². The van der Waals surface area contributed by atoms with Gasteiger partial charge in [0.2, 0.25) is 0 Å². The van der Waals surface area contributed by atoms with E-state index < -0.39 is 29.3 Å². The molecule has 1 unspecified atom stereocenters. The van der Waals surface area contributed by atoms with Crippen molar-refractivity contribution in [2.24, 2.45) is 7.05 Å². The van der Waals surface area contributed by atoms with Crippen molar-refractivity contribution in [3.63, 3.8) is 0 Å². The maximum atomic E-state index is 14.3. The standard InChI is InChI=1S/C32H31N4O6PS/c1-3-23-43(25-13-7-4-8-14-25,26-15-9-5-10-16-26,27-17-11-6-12-18-27)42-44(39,40)41-36-30-24-35(32(36)38)22-21-28(30)29-19-20-31(37)34(2)33-29/h3-21,23,30H,22,24H2,1-2H3. The Morgan fingerprint density at radius 3 is 1.89 bits per heavy atom. The summed E-state index contributed by atoms with van der Waals surface area (Å²) in [6.45, 7) is -2.25. The van der Waals surface area contributed by atoms with Gasteiger partial charge in [-0.25, -0.2) is 0 Å². The fraction of sp³-hybridized carbons (Fsp3) is 0.156. The number of nitrogens with zero attached hydrogens (tertiary/aromatic N) is 4. The molecule has 0 N–H and O–H groups in total. The van der Waals surface area contributed by atoms with Gasteiger partial charge >= 0.3 is 256 Å². The summed E-state index contributed by atoms with van der Waals surface area (Å²) < 4.78 is 42.1. The minimum absolute atomic E-state index is 0.180. The normalized spacial score (nSPS) is 17.9. The minimum atomic E-state index is -4.96. The van der Waals surface area contributed by atoms with Crippen molar-refractivity contribution in [1.29, 1.82) is 0 Å². The van der Waals surface area contributed by atoms with Gasteiger partial charge in [-0.05, 0) is 0 Å². The summed E-state index contributed by atoms with van der Waals surface area (Å²) in [4.78, 5) is 26.9. The fourth-order valence-corrected chi connectivity index (χ4v) is 13.5. The summed E-state index contributed by atoms with van der Waals surface area (Å²) >= 11 is 0. The van der Waals surface area contributed by atoms with Crippen LogP contribution in [0.15, 0.2) is 126 Å². The molecule has 44 heavy (non-hydrogen) atoms. The second kappa shape index (κ2) is 11.3. The number of aryl methyl sites for hydroxylation is 1. The zero-order valence-corrected chi connectivity index (χ0v) is 25.8. The molecule has 0 spiro atoms. The molecule has 2 amide bonds. The molecular formula is C32H31N4O6PS. The van der Waals surface area contributed by atoms with Crippen LogP contribution in [0.3, 0.4) is 0 Å². The number of allylic oxidation sites excluding steroid dienone is 1. The molecule has 3 heterocycles. The number of aromatic nitrogens is 2. The van der Waals surface area contributed by atoms with Crippen LogP contribution in [0.5, 0.6) is 0 Å². The predicted octanol–water partition coefficient (Wildman–Crippen LogP) is 3.45. The van der Waals surface area contributed by atoms with Gasteiger partial charge in [-0.1, -0.05) is 0 Å². The average molecular weight is 631 g/mol. The number of carbonyl (C=O) groups excluding carboxylic acids is 1. The molecule has 2 aliphatic rings. The summed E-state index contributed by atoms with van der Waals surface area (Å²) in [5, 5.41) is 7.05. The molecule has 12 heteroatoms. The first-order valence-electron chi connectivity index (χ1n) is 14.0. The number of hydrogen-bond acceptors (Lipinski definition) is 7. The molecule has 4 aromatic rings. The average Bonchev–Trinajstić information content (AvgIpc) is 3.27. The molecule has 3 aromatic carbocycles. The molecule has 1 fully saturated rings. The topological polar surface area (TPSA) is 111 Å². The van der Waals surface area contributed by atoms with E-state index in [0.29, 0.717) is 27.2 Å². The van der Waals surface area contributed by atoms with E-state index in [2.05, 4.69) is 5.10 Å². The van der Waals surface area contributed by atoms with Crippen molar-refractivity contribution < 1.29 is 21.5 Å². The number of rotatable bonds is 9. The third-order valence-electron chi connectivity index (χ3n) is 7.94. The summed E-state index contributed by atoms with van der Waals surface area (Å²) in [5.74, 6) is 1.82. The van der Waals surface area contributed by atoms with Crippen LogP contribution in [0.2, 0.25) is 0 Å². The first-order chi connectivity index (χ1) is 21.2. The monoisotopic (exact) mass is 630 g/mol. The number of hydrogen-bond donors (Lipinski definition) is 0. The fourth-order valence-electron chi connectivity index (χ4n) is 5.99. The second-order valence-corrected chi connectivity index (χ2v) is 16.1. The Morgan fingerprint density at radius 2 is 1.39 bits per heavy atom. The van der Waals surface area contributed by atoms with Crippen molar-refractivity contribution in [2.45, 2.75) is 13.0 Å². The van der Waals surface area contributed by atoms with Gasteiger partial charge in [0.25, 0.3) is 0 Å². The van der Waals surface area contributed by atoms with Crippen LogP contribution >= 0.6 is 6.83 Å². The third kappa shape index (κ3) is 4.78. The van der Waals surface area contributed by atoms with E-state index in [9.17, 15) is 18.0 Å². The zero-order chi connectivity index (χ0) is 31.0. The number of carbonyl (C=O) groups is 1. The Labute approximate surface area is 255 Å². The van der Waals surface area contributed by atoms with Crippen LogP contribution in [0.4, 0.5) is 4.79 Å². The Kier molecular flexibility index (Phi) is 7.59. The van der Waals surface area contributed by atoms with Crippen LogP contribution in [-0.2, 0) is 25.7 Å². The number of urea groups is 1. The zero-order valence-electron chi connectivity index (χ0n) is 24.1. The summed E-state index contributed by atoms with van der Waals surface area (Å²) in [5.41, 5.74) is 0.708. The van der Waals surface area contributed by atoms with Crippen molar-refractivity contribution in [1.82, 2.24) is 19.7 Å². The molecule has 0 radical (unpaired) electrons. The molecule has 1 atom stereocenters. The van der Waals surface area contributed by atoms with Crippen LogP contribution in [0.25, 0.3) is 5.57 Å². The maximum absolute atomic E-state index is 14.3. The summed E-state index contributed by atoms with van der Waals surface area (Å²) in [6.07, 6.45) is 3.57. The number of hydroxylamine groups is 2. The van der Waals surface area contributed by atoms with E-state index >= 15 is 0 Å². The molecule has 2 aliphatic heterocycles. The summed E-state index contributed by atoms with van der Waals surface area (Å²) in [6, 6.07) is 29.1. The molecule has 0 aliphatic carbocycles. The van der Waals surface area contributed by atoms with Crippen molar-refractivity contribution in [3.05, 3.63) is 137 Å². The van der Waals surface area contributed by atoms with E-state index in [-0.39, 0.29) is 18.6 Å². The van der Waals surface area contributed by atoms with Crippen LogP contribution in [0.1, 0.15) is 12.6 Å². The van der Waals surface area contributed by atoms with Crippen molar-refractivity contribution >= 4 is 44.7 Å².